The van der Waals surface area contributed by atoms with Crippen molar-refractivity contribution in [2.24, 2.45) is 7.05 Å². The number of hydrogen-bond donors (Lipinski definition) is 1. The Morgan fingerprint density at radius 3 is 2.74 bits per heavy atom. The minimum absolute atomic E-state index is 0.0399. The number of rotatable bonds is 5. The zero-order valence-electron chi connectivity index (χ0n) is 11.7. The molecule has 19 heavy (non-hydrogen) atoms. The Bertz CT molecular complexity index is 612. The molecule has 102 valence electrons. The van der Waals surface area contributed by atoms with Crippen molar-refractivity contribution >= 4 is 0 Å². The highest BCUT2D eigenvalue weighted by atomic mass is 16.1. The van der Waals surface area contributed by atoms with Gasteiger partial charge in [0.25, 0.3) is 5.56 Å². The Morgan fingerprint density at radius 2 is 2.11 bits per heavy atom. The monoisotopic (exact) mass is 260 g/mol. The van der Waals surface area contributed by atoms with Crippen molar-refractivity contribution in [3.63, 3.8) is 0 Å². The van der Waals surface area contributed by atoms with Crippen LogP contribution in [0.5, 0.6) is 0 Å². The Balaban J connectivity index is 1.88. The molecule has 2 aromatic rings. The minimum atomic E-state index is 0.0399. The average molecular weight is 260 g/mol. The minimum Gasteiger partial charge on any atom is -0.314 e. The van der Waals surface area contributed by atoms with E-state index >= 15 is 0 Å². The number of nitrogens with one attached hydrogen (secondary N) is 1. The maximum Gasteiger partial charge on any atom is 0.250 e. The van der Waals surface area contributed by atoms with Gasteiger partial charge in [0, 0.05) is 50.2 Å². The van der Waals surface area contributed by atoms with E-state index in [1.165, 1.54) is 11.3 Å². The third-order valence-corrected chi connectivity index (χ3v) is 3.39. The molecule has 5 nitrogen and oxygen atoms in total. The molecular formula is C14H20N4O. The normalized spacial score (nSPS) is 10.9. The molecule has 0 saturated carbocycles. The lowest BCUT2D eigenvalue weighted by Crippen LogP contribution is -2.26. The molecule has 1 N–H and O–H groups in total. The summed E-state index contributed by atoms with van der Waals surface area (Å²) in [7, 11) is 1.95. The molecule has 0 radical (unpaired) electrons. The van der Waals surface area contributed by atoms with Gasteiger partial charge in [-0.3, -0.25) is 9.48 Å². The molecule has 0 saturated heterocycles. The van der Waals surface area contributed by atoms with Gasteiger partial charge in [-0.2, -0.15) is 5.10 Å². The Hall–Kier alpha value is -1.88. The van der Waals surface area contributed by atoms with Gasteiger partial charge in [-0.25, -0.2) is 0 Å². The SMILES string of the molecule is Cc1nn(C)c(C)c1CNCCn1ccccc1=O. The lowest BCUT2D eigenvalue weighted by atomic mass is 10.2. The molecule has 5 heteroatoms. The predicted octanol–water partition coefficient (Wildman–Crippen LogP) is 0.988. The smallest absolute Gasteiger partial charge is 0.250 e. The molecule has 0 aliphatic carbocycles. The number of nitrogens with zero attached hydrogens (tertiary/aromatic N) is 3. The maximum absolute atomic E-state index is 11.5. The summed E-state index contributed by atoms with van der Waals surface area (Å²) in [5.41, 5.74) is 3.52. The molecule has 0 aliphatic rings. The summed E-state index contributed by atoms with van der Waals surface area (Å²) in [6.45, 7) is 6.31. The van der Waals surface area contributed by atoms with Crippen LogP contribution in [0, 0.1) is 13.8 Å². The molecule has 0 spiro atoms. The van der Waals surface area contributed by atoms with Crippen LogP contribution in [0.3, 0.4) is 0 Å². The van der Waals surface area contributed by atoms with E-state index < -0.39 is 0 Å². The van der Waals surface area contributed by atoms with Crippen molar-refractivity contribution in [3.8, 4) is 0 Å². The van der Waals surface area contributed by atoms with Crippen molar-refractivity contribution in [1.82, 2.24) is 19.7 Å². The Kier molecular flexibility index (Phi) is 4.16. The van der Waals surface area contributed by atoms with Crippen LogP contribution in [0.25, 0.3) is 0 Å². The Morgan fingerprint density at radius 1 is 1.32 bits per heavy atom. The summed E-state index contributed by atoms with van der Waals surface area (Å²) in [4.78, 5) is 11.5. The predicted molar refractivity (Wildman–Crippen MR) is 75.1 cm³/mol. The maximum atomic E-state index is 11.5. The van der Waals surface area contributed by atoms with Crippen molar-refractivity contribution in [1.29, 1.82) is 0 Å². The van der Waals surface area contributed by atoms with Gasteiger partial charge in [-0.05, 0) is 19.9 Å². The van der Waals surface area contributed by atoms with E-state index in [4.69, 9.17) is 0 Å². The van der Waals surface area contributed by atoms with E-state index in [1.807, 2.05) is 30.9 Å². The summed E-state index contributed by atoms with van der Waals surface area (Å²) in [6, 6.07) is 5.21. The van der Waals surface area contributed by atoms with Crippen LogP contribution in [0.4, 0.5) is 0 Å². The first-order chi connectivity index (χ1) is 9.09. The molecule has 0 amide bonds. The third-order valence-electron chi connectivity index (χ3n) is 3.39. The number of pyridine rings is 1. The van der Waals surface area contributed by atoms with Gasteiger partial charge in [0.1, 0.15) is 0 Å². The fourth-order valence-electron chi connectivity index (χ4n) is 2.13. The van der Waals surface area contributed by atoms with Crippen LogP contribution in [0.15, 0.2) is 29.2 Å². The first-order valence-electron chi connectivity index (χ1n) is 6.45. The topological polar surface area (TPSA) is 51.9 Å². The van der Waals surface area contributed by atoms with Crippen LogP contribution in [-0.2, 0) is 20.1 Å². The highest BCUT2D eigenvalue weighted by Crippen LogP contribution is 2.10. The first-order valence-corrected chi connectivity index (χ1v) is 6.45. The number of aromatic nitrogens is 3. The molecule has 2 rings (SSSR count). The second-order valence-corrected chi connectivity index (χ2v) is 4.68. The van der Waals surface area contributed by atoms with Gasteiger partial charge >= 0.3 is 0 Å². The van der Waals surface area contributed by atoms with Crippen molar-refractivity contribution in [3.05, 3.63) is 51.7 Å². The summed E-state index contributed by atoms with van der Waals surface area (Å²) in [5, 5.41) is 7.74. The van der Waals surface area contributed by atoms with Crippen molar-refractivity contribution < 1.29 is 0 Å². The highest BCUT2D eigenvalue weighted by molar-refractivity contribution is 5.23. The third kappa shape index (κ3) is 3.12. The van der Waals surface area contributed by atoms with Gasteiger partial charge in [0.05, 0.1) is 5.69 Å². The zero-order valence-corrected chi connectivity index (χ0v) is 11.7. The summed E-state index contributed by atoms with van der Waals surface area (Å²) in [6.07, 6.45) is 1.81. The second kappa shape index (κ2) is 5.84. The number of hydrogen-bond acceptors (Lipinski definition) is 3. The van der Waals surface area contributed by atoms with Gasteiger partial charge in [0.2, 0.25) is 0 Å². The van der Waals surface area contributed by atoms with E-state index in [2.05, 4.69) is 17.3 Å². The molecule has 0 aliphatic heterocycles. The van der Waals surface area contributed by atoms with Crippen LogP contribution >= 0.6 is 0 Å². The number of aryl methyl sites for hydroxylation is 2. The molecule has 0 bridgehead atoms. The van der Waals surface area contributed by atoms with Crippen LogP contribution in [-0.4, -0.2) is 20.9 Å². The lowest BCUT2D eigenvalue weighted by Gasteiger charge is -2.07. The standard InChI is InChI=1S/C14H20N4O/c1-11-13(12(2)17(3)16-11)10-15-7-9-18-8-5-4-6-14(18)19/h4-6,8,15H,7,9-10H2,1-3H3. The fourth-order valence-corrected chi connectivity index (χ4v) is 2.13. The quantitative estimate of drug-likeness (QED) is 0.816. The van der Waals surface area contributed by atoms with E-state index in [1.54, 1.807) is 16.7 Å². The Labute approximate surface area is 112 Å². The molecule has 2 heterocycles. The summed E-state index contributed by atoms with van der Waals surface area (Å²) >= 11 is 0. The van der Waals surface area contributed by atoms with E-state index in [-0.39, 0.29) is 5.56 Å². The molecule has 0 atom stereocenters. The van der Waals surface area contributed by atoms with Crippen LogP contribution in [0.1, 0.15) is 17.0 Å². The molecule has 2 aromatic heterocycles. The summed E-state index contributed by atoms with van der Waals surface area (Å²) in [5.74, 6) is 0. The zero-order chi connectivity index (χ0) is 13.8. The highest BCUT2D eigenvalue weighted by Gasteiger charge is 2.08. The first kappa shape index (κ1) is 13.5. The average Bonchev–Trinajstić information content (AvgIpc) is 2.62. The largest absolute Gasteiger partial charge is 0.314 e. The van der Waals surface area contributed by atoms with E-state index in [0.29, 0.717) is 6.54 Å². The van der Waals surface area contributed by atoms with Crippen molar-refractivity contribution in [2.75, 3.05) is 6.54 Å². The van der Waals surface area contributed by atoms with Crippen molar-refractivity contribution in [2.45, 2.75) is 26.9 Å². The molecule has 0 fully saturated rings. The van der Waals surface area contributed by atoms with Gasteiger partial charge in [-0.1, -0.05) is 6.07 Å². The second-order valence-electron chi connectivity index (χ2n) is 4.68. The molecular weight excluding hydrogens is 240 g/mol. The molecule has 0 aromatic carbocycles. The molecule has 0 unspecified atom stereocenters. The van der Waals surface area contributed by atoms with Gasteiger partial charge in [-0.15, -0.1) is 0 Å². The fraction of sp³-hybridized carbons (Fsp3) is 0.429. The van der Waals surface area contributed by atoms with E-state index in [0.717, 1.165) is 18.8 Å². The summed E-state index contributed by atoms with van der Waals surface area (Å²) < 4.78 is 3.60. The lowest BCUT2D eigenvalue weighted by molar-refractivity contribution is 0.583. The van der Waals surface area contributed by atoms with Crippen LogP contribution < -0.4 is 10.9 Å². The van der Waals surface area contributed by atoms with Gasteiger partial charge in [0.15, 0.2) is 0 Å². The van der Waals surface area contributed by atoms with Gasteiger partial charge < -0.3 is 9.88 Å². The van der Waals surface area contributed by atoms with E-state index in [9.17, 15) is 4.79 Å². The van der Waals surface area contributed by atoms with Crippen LogP contribution in [0.2, 0.25) is 0 Å².